The van der Waals surface area contributed by atoms with Crippen molar-refractivity contribution in [3.8, 4) is 0 Å². The first kappa shape index (κ1) is 13.6. The normalized spacial score (nSPS) is 33.4. The van der Waals surface area contributed by atoms with Gasteiger partial charge in [0.15, 0.2) is 16.6 Å². The topological polar surface area (TPSA) is 52.6 Å². The number of fused-ring (bicyclic) bond motifs is 1. The third-order valence-electron chi connectivity index (χ3n) is 3.38. The molecular formula is C11H11Cl2N2O2S2+. The molecule has 2 saturated heterocycles. The van der Waals surface area contributed by atoms with Gasteiger partial charge in [-0.25, -0.2) is 0 Å². The van der Waals surface area contributed by atoms with E-state index < -0.39 is 10.2 Å². The van der Waals surface area contributed by atoms with Crippen LogP contribution in [0, 0.1) is 0 Å². The molecule has 102 valence electrons. The van der Waals surface area contributed by atoms with Crippen molar-refractivity contribution in [1.29, 1.82) is 0 Å². The number of hydrogen-bond donors (Lipinski definition) is 2. The third-order valence-corrected chi connectivity index (χ3v) is 6.17. The number of nitrogens with one attached hydrogen (secondary N) is 1. The van der Waals surface area contributed by atoms with Crippen molar-refractivity contribution in [1.82, 2.24) is 5.32 Å². The Labute approximate surface area is 127 Å². The lowest BCUT2D eigenvalue weighted by Crippen LogP contribution is -2.37. The van der Waals surface area contributed by atoms with Gasteiger partial charge in [0.2, 0.25) is 10.2 Å². The number of anilines is 1. The minimum Gasteiger partial charge on any atom is -0.352 e. The Balaban J connectivity index is 1.97. The van der Waals surface area contributed by atoms with Crippen LogP contribution in [0.25, 0.3) is 0 Å². The summed E-state index contributed by atoms with van der Waals surface area (Å²) in [6.07, 6.45) is 0. The fourth-order valence-electron chi connectivity index (χ4n) is 2.56. The van der Waals surface area contributed by atoms with Crippen LogP contribution in [-0.2, 0) is 14.4 Å². The highest BCUT2D eigenvalue weighted by Gasteiger charge is 2.54. The Kier molecular flexibility index (Phi) is 3.26. The van der Waals surface area contributed by atoms with Gasteiger partial charge in [-0.05, 0) is 30.4 Å². The average Bonchev–Trinajstić information content (AvgIpc) is 2.73. The number of halogens is 2. The number of benzene rings is 1. The second-order valence-electron chi connectivity index (χ2n) is 4.70. The highest BCUT2D eigenvalue weighted by Crippen LogP contribution is 2.34. The molecule has 0 saturated carbocycles. The predicted molar refractivity (Wildman–Crippen MR) is 82.7 cm³/mol. The largest absolute Gasteiger partial charge is 0.352 e. The van der Waals surface area contributed by atoms with E-state index in [-0.39, 0.29) is 23.6 Å². The van der Waals surface area contributed by atoms with Gasteiger partial charge >= 0.3 is 0 Å². The third kappa shape index (κ3) is 2.36. The van der Waals surface area contributed by atoms with Crippen LogP contribution in [0.4, 0.5) is 5.69 Å². The van der Waals surface area contributed by atoms with E-state index in [9.17, 15) is 8.76 Å². The Morgan fingerprint density at radius 3 is 2.79 bits per heavy atom. The van der Waals surface area contributed by atoms with E-state index in [0.717, 1.165) is 5.69 Å². The Hall–Kier alpha value is -0.400. The van der Waals surface area contributed by atoms with Crippen molar-refractivity contribution < 1.29 is 8.76 Å². The van der Waals surface area contributed by atoms with Crippen LogP contribution in [0.3, 0.4) is 0 Å². The standard InChI is InChI=1S/C11H10Cl2N2O2S2/c12-7-2-1-6(3-8(7)13)15-10-5-19(16,17)4-9(10)14-11(15)18/h1-3,9-10H,4-5H2,(H-,14,16,17,18)/p+1/t9-,10+/m1/s1. The van der Waals surface area contributed by atoms with Crippen molar-refractivity contribution in [2.45, 2.75) is 12.1 Å². The number of thiocarbonyl (C=S) groups is 1. The van der Waals surface area contributed by atoms with E-state index in [2.05, 4.69) is 5.32 Å². The fraction of sp³-hybridized carbons (Fsp3) is 0.364. The second kappa shape index (κ2) is 4.56. The van der Waals surface area contributed by atoms with Gasteiger partial charge in [0.05, 0.1) is 10.0 Å². The second-order valence-corrected chi connectivity index (χ2v) is 8.11. The molecule has 4 nitrogen and oxygen atoms in total. The lowest BCUT2D eigenvalue weighted by molar-refractivity contribution is 0.502. The molecule has 0 spiro atoms. The number of nitrogens with zero attached hydrogens (tertiary/aromatic N) is 1. The summed E-state index contributed by atoms with van der Waals surface area (Å²) in [4.78, 5) is 1.85. The molecule has 2 fully saturated rings. The predicted octanol–water partition coefficient (Wildman–Crippen LogP) is 2.41. The average molecular weight is 338 g/mol. The van der Waals surface area contributed by atoms with E-state index in [1.54, 1.807) is 12.1 Å². The van der Waals surface area contributed by atoms with E-state index in [1.807, 2.05) is 11.0 Å². The van der Waals surface area contributed by atoms with Gasteiger partial charge in [0, 0.05) is 5.69 Å². The Morgan fingerprint density at radius 2 is 2.11 bits per heavy atom. The summed E-state index contributed by atoms with van der Waals surface area (Å²) in [6, 6.07) is 5.03. The van der Waals surface area contributed by atoms with Crippen LogP contribution < -0.4 is 10.2 Å². The number of hydrogen-bond acceptors (Lipinski definition) is 2. The molecule has 0 aliphatic carbocycles. The Bertz CT molecular complexity index is 610. The van der Waals surface area contributed by atoms with Crippen LogP contribution in [0.5, 0.6) is 0 Å². The van der Waals surface area contributed by atoms with Crippen molar-refractivity contribution in [2.24, 2.45) is 0 Å². The lowest BCUT2D eigenvalue weighted by atomic mass is 10.1. The molecule has 0 bridgehead atoms. The van der Waals surface area contributed by atoms with E-state index in [4.69, 9.17) is 35.4 Å². The van der Waals surface area contributed by atoms with E-state index >= 15 is 0 Å². The SMILES string of the molecule is O=[S+]1(O)C[C@H]2NC(=S)N(c3ccc(Cl)c(Cl)c3)[C@H]2C1. The Morgan fingerprint density at radius 1 is 1.37 bits per heavy atom. The zero-order valence-corrected chi connectivity index (χ0v) is 12.8. The molecule has 2 heterocycles. The summed E-state index contributed by atoms with van der Waals surface area (Å²) in [5.41, 5.74) is 0.788. The highest BCUT2D eigenvalue weighted by molar-refractivity contribution is 7.98. The van der Waals surface area contributed by atoms with E-state index in [0.29, 0.717) is 15.2 Å². The molecule has 2 N–H and O–H groups in total. The maximum absolute atomic E-state index is 11.8. The van der Waals surface area contributed by atoms with Crippen LogP contribution >= 0.6 is 35.4 Å². The first-order valence-electron chi connectivity index (χ1n) is 5.64. The maximum atomic E-state index is 11.8. The minimum absolute atomic E-state index is 0.0838. The van der Waals surface area contributed by atoms with Crippen LogP contribution in [0.15, 0.2) is 18.2 Å². The fourth-order valence-corrected chi connectivity index (χ4v) is 5.16. The molecule has 19 heavy (non-hydrogen) atoms. The quantitative estimate of drug-likeness (QED) is 0.608. The van der Waals surface area contributed by atoms with Gasteiger partial charge < -0.3 is 10.2 Å². The lowest BCUT2D eigenvalue weighted by Gasteiger charge is -2.22. The van der Waals surface area contributed by atoms with Gasteiger partial charge in [-0.3, -0.25) is 0 Å². The molecular weight excluding hydrogens is 327 g/mol. The molecule has 3 rings (SSSR count). The molecule has 2 aliphatic rings. The summed E-state index contributed by atoms with van der Waals surface area (Å²) >= 11 is 17.2. The highest BCUT2D eigenvalue weighted by atomic mass is 35.5. The van der Waals surface area contributed by atoms with Gasteiger partial charge in [-0.2, -0.15) is 4.55 Å². The molecule has 0 aromatic heterocycles. The number of rotatable bonds is 1. The van der Waals surface area contributed by atoms with Gasteiger partial charge in [0.1, 0.15) is 12.1 Å². The van der Waals surface area contributed by atoms with Crippen molar-refractivity contribution >= 4 is 56.4 Å². The summed E-state index contributed by atoms with van der Waals surface area (Å²) in [7, 11) is -2.76. The molecule has 0 radical (unpaired) electrons. The summed E-state index contributed by atoms with van der Waals surface area (Å²) in [5, 5.41) is 4.56. The van der Waals surface area contributed by atoms with Crippen LogP contribution in [0.2, 0.25) is 10.0 Å². The van der Waals surface area contributed by atoms with E-state index in [1.165, 1.54) is 0 Å². The van der Waals surface area contributed by atoms with Gasteiger partial charge in [-0.1, -0.05) is 27.4 Å². The van der Waals surface area contributed by atoms with Crippen LogP contribution in [-0.4, -0.2) is 33.3 Å². The van der Waals surface area contributed by atoms with Crippen molar-refractivity contribution in [2.75, 3.05) is 16.4 Å². The molecule has 8 heteroatoms. The molecule has 1 aromatic rings. The molecule has 3 atom stereocenters. The zero-order valence-electron chi connectivity index (χ0n) is 9.68. The summed E-state index contributed by atoms with van der Waals surface area (Å²) in [5.74, 6) is 0.445. The molecule has 0 amide bonds. The molecule has 2 aliphatic heterocycles. The first-order valence-corrected chi connectivity index (χ1v) is 8.66. The molecule has 1 aromatic carbocycles. The first-order chi connectivity index (χ1) is 8.87. The smallest absolute Gasteiger partial charge is 0.218 e. The summed E-state index contributed by atoms with van der Waals surface area (Å²) in [6.45, 7) is 0. The monoisotopic (exact) mass is 337 g/mol. The maximum Gasteiger partial charge on any atom is 0.218 e. The minimum atomic E-state index is -2.76. The van der Waals surface area contributed by atoms with Gasteiger partial charge in [-0.15, -0.1) is 0 Å². The summed E-state index contributed by atoms with van der Waals surface area (Å²) < 4.78 is 21.5. The van der Waals surface area contributed by atoms with Gasteiger partial charge in [0.25, 0.3) is 0 Å². The molecule has 1 unspecified atom stereocenters. The van der Waals surface area contributed by atoms with Crippen molar-refractivity contribution in [3.05, 3.63) is 28.2 Å². The van der Waals surface area contributed by atoms with Crippen LogP contribution in [0.1, 0.15) is 0 Å². The zero-order chi connectivity index (χ0) is 13.8. The van der Waals surface area contributed by atoms with Crippen molar-refractivity contribution in [3.63, 3.8) is 0 Å².